The highest BCUT2D eigenvalue weighted by Crippen LogP contribution is 2.16. The monoisotopic (exact) mass is 297 g/mol. The van der Waals surface area contributed by atoms with Gasteiger partial charge in [0.15, 0.2) is 0 Å². The molecule has 0 atom stereocenters. The zero-order chi connectivity index (χ0) is 15.5. The molecule has 2 rings (SSSR count). The predicted octanol–water partition coefficient (Wildman–Crippen LogP) is 4.25. The van der Waals surface area contributed by atoms with E-state index in [4.69, 9.17) is 0 Å². The van der Waals surface area contributed by atoms with Crippen LogP contribution >= 0.6 is 0 Å². The molecule has 3 heteroatoms. The van der Waals surface area contributed by atoms with E-state index in [0.29, 0.717) is 0 Å². The second-order valence-electron chi connectivity index (χ2n) is 5.73. The fourth-order valence-corrected chi connectivity index (χ4v) is 2.56. The fraction of sp³-hybridized carbons (Fsp3) is 0.474. The van der Waals surface area contributed by atoms with E-state index in [-0.39, 0.29) is 0 Å². The Labute approximate surface area is 134 Å². The van der Waals surface area contributed by atoms with E-state index in [2.05, 4.69) is 27.4 Å². The Bertz CT molecular complexity index is 508. The highest BCUT2D eigenvalue weighted by atomic mass is 14.9. The molecule has 1 N–H and O–H groups in total. The van der Waals surface area contributed by atoms with E-state index in [1.807, 2.05) is 37.6 Å². The highest BCUT2D eigenvalue weighted by Gasteiger charge is 2.00. The van der Waals surface area contributed by atoms with Crippen molar-refractivity contribution < 1.29 is 0 Å². The SMILES string of the molecule is CNCCCCCCCCc1ncc(-c2ccccc2)cn1. The van der Waals surface area contributed by atoms with Gasteiger partial charge < -0.3 is 5.32 Å². The second kappa shape index (κ2) is 10.1. The molecule has 3 nitrogen and oxygen atoms in total. The lowest BCUT2D eigenvalue weighted by Crippen LogP contribution is -2.06. The van der Waals surface area contributed by atoms with Crippen LogP contribution in [0, 0.1) is 0 Å². The van der Waals surface area contributed by atoms with Crippen LogP contribution in [0.3, 0.4) is 0 Å². The molecule has 0 amide bonds. The number of hydrogen-bond donors (Lipinski definition) is 1. The number of rotatable bonds is 10. The molecule has 1 heterocycles. The van der Waals surface area contributed by atoms with E-state index in [1.165, 1.54) is 44.1 Å². The first-order valence-corrected chi connectivity index (χ1v) is 8.41. The summed E-state index contributed by atoms with van der Waals surface area (Å²) in [6.07, 6.45) is 12.6. The van der Waals surface area contributed by atoms with E-state index in [9.17, 15) is 0 Å². The molecule has 118 valence electrons. The largest absolute Gasteiger partial charge is 0.320 e. The summed E-state index contributed by atoms with van der Waals surface area (Å²) in [7, 11) is 2.02. The molecule has 1 aromatic heterocycles. The van der Waals surface area contributed by atoms with Gasteiger partial charge in [0.05, 0.1) is 0 Å². The van der Waals surface area contributed by atoms with Crippen LogP contribution in [0.4, 0.5) is 0 Å². The van der Waals surface area contributed by atoms with Crippen LogP contribution in [-0.4, -0.2) is 23.6 Å². The van der Waals surface area contributed by atoms with Crippen molar-refractivity contribution in [2.75, 3.05) is 13.6 Å². The average molecular weight is 297 g/mol. The zero-order valence-electron chi connectivity index (χ0n) is 13.6. The molecule has 0 saturated heterocycles. The van der Waals surface area contributed by atoms with Crippen molar-refractivity contribution in [2.45, 2.75) is 44.9 Å². The minimum atomic E-state index is 0.967. The average Bonchev–Trinajstić information content (AvgIpc) is 2.59. The highest BCUT2D eigenvalue weighted by molar-refractivity contribution is 5.60. The van der Waals surface area contributed by atoms with Gasteiger partial charge in [-0.1, -0.05) is 56.0 Å². The number of aromatic nitrogens is 2. The lowest BCUT2D eigenvalue weighted by atomic mass is 10.1. The molecule has 1 aromatic carbocycles. The molecular weight excluding hydrogens is 270 g/mol. The van der Waals surface area contributed by atoms with E-state index < -0.39 is 0 Å². The molecule has 0 radical (unpaired) electrons. The Hall–Kier alpha value is -1.74. The molecule has 0 fully saturated rings. The quantitative estimate of drug-likeness (QED) is 0.666. The summed E-state index contributed by atoms with van der Waals surface area (Å²) in [5, 5.41) is 3.19. The Kier molecular flexibility index (Phi) is 7.61. The van der Waals surface area contributed by atoms with Gasteiger partial charge in [-0.3, -0.25) is 0 Å². The normalized spacial score (nSPS) is 10.8. The first-order chi connectivity index (χ1) is 10.9. The van der Waals surface area contributed by atoms with Crippen molar-refractivity contribution in [1.82, 2.24) is 15.3 Å². The summed E-state index contributed by atoms with van der Waals surface area (Å²) < 4.78 is 0. The van der Waals surface area contributed by atoms with Crippen LogP contribution < -0.4 is 5.32 Å². The van der Waals surface area contributed by atoms with Gasteiger partial charge in [0.1, 0.15) is 5.82 Å². The summed E-state index contributed by atoms with van der Waals surface area (Å²) in [6.45, 7) is 1.14. The van der Waals surface area contributed by atoms with Gasteiger partial charge in [-0.15, -0.1) is 0 Å². The number of aryl methyl sites for hydroxylation is 1. The fourth-order valence-electron chi connectivity index (χ4n) is 2.56. The molecule has 0 spiro atoms. The van der Waals surface area contributed by atoms with Crippen molar-refractivity contribution in [3.63, 3.8) is 0 Å². The first-order valence-electron chi connectivity index (χ1n) is 8.41. The van der Waals surface area contributed by atoms with Crippen molar-refractivity contribution >= 4 is 0 Å². The third-order valence-electron chi connectivity index (χ3n) is 3.89. The minimum absolute atomic E-state index is 0.967. The number of hydrogen-bond acceptors (Lipinski definition) is 3. The maximum atomic E-state index is 4.49. The van der Waals surface area contributed by atoms with E-state index >= 15 is 0 Å². The molecule has 22 heavy (non-hydrogen) atoms. The lowest BCUT2D eigenvalue weighted by molar-refractivity contribution is 0.578. The summed E-state index contributed by atoms with van der Waals surface area (Å²) >= 11 is 0. The summed E-state index contributed by atoms with van der Waals surface area (Å²) in [5.74, 6) is 0.967. The number of nitrogens with zero attached hydrogens (tertiary/aromatic N) is 2. The van der Waals surface area contributed by atoms with Gasteiger partial charge in [-0.25, -0.2) is 9.97 Å². The van der Waals surface area contributed by atoms with Crippen molar-refractivity contribution in [2.24, 2.45) is 0 Å². The van der Waals surface area contributed by atoms with Gasteiger partial charge in [-0.05, 0) is 32.0 Å². The van der Waals surface area contributed by atoms with Crippen molar-refractivity contribution in [1.29, 1.82) is 0 Å². The van der Waals surface area contributed by atoms with Gasteiger partial charge in [0.25, 0.3) is 0 Å². The number of benzene rings is 1. The topological polar surface area (TPSA) is 37.8 Å². The maximum absolute atomic E-state index is 4.49. The van der Waals surface area contributed by atoms with Crippen LogP contribution in [0.2, 0.25) is 0 Å². The van der Waals surface area contributed by atoms with Crippen molar-refractivity contribution in [3.05, 3.63) is 48.5 Å². The first kappa shape index (κ1) is 16.6. The molecule has 0 aliphatic heterocycles. The zero-order valence-corrected chi connectivity index (χ0v) is 13.6. The molecule has 0 aliphatic rings. The third kappa shape index (κ3) is 5.94. The summed E-state index contributed by atoms with van der Waals surface area (Å²) in [6, 6.07) is 10.3. The second-order valence-corrected chi connectivity index (χ2v) is 5.73. The maximum Gasteiger partial charge on any atom is 0.128 e. The molecule has 0 unspecified atom stereocenters. The third-order valence-corrected chi connectivity index (χ3v) is 3.89. The molecular formula is C19H27N3. The number of nitrogens with one attached hydrogen (secondary N) is 1. The molecule has 0 saturated carbocycles. The van der Waals surface area contributed by atoms with Gasteiger partial charge >= 0.3 is 0 Å². The van der Waals surface area contributed by atoms with E-state index in [1.54, 1.807) is 0 Å². The Balaban J connectivity index is 1.65. The van der Waals surface area contributed by atoms with Gasteiger partial charge in [-0.2, -0.15) is 0 Å². The Morgan fingerprint density at radius 2 is 1.41 bits per heavy atom. The van der Waals surface area contributed by atoms with Crippen LogP contribution in [0.15, 0.2) is 42.7 Å². The van der Waals surface area contributed by atoms with Crippen LogP contribution in [0.25, 0.3) is 11.1 Å². The van der Waals surface area contributed by atoms with Gasteiger partial charge in [0.2, 0.25) is 0 Å². The smallest absolute Gasteiger partial charge is 0.128 e. The Morgan fingerprint density at radius 3 is 2.09 bits per heavy atom. The Morgan fingerprint density at radius 1 is 0.773 bits per heavy atom. The molecule has 2 aromatic rings. The van der Waals surface area contributed by atoms with Crippen molar-refractivity contribution in [3.8, 4) is 11.1 Å². The van der Waals surface area contributed by atoms with E-state index in [0.717, 1.165) is 24.4 Å². The molecule has 0 bridgehead atoms. The van der Waals surface area contributed by atoms with Crippen LogP contribution in [-0.2, 0) is 6.42 Å². The molecule has 0 aliphatic carbocycles. The minimum Gasteiger partial charge on any atom is -0.320 e. The van der Waals surface area contributed by atoms with Crippen LogP contribution in [0.5, 0.6) is 0 Å². The summed E-state index contributed by atoms with van der Waals surface area (Å²) in [4.78, 5) is 8.99. The summed E-state index contributed by atoms with van der Waals surface area (Å²) in [5.41, 5.74) is 2.27. The standard InChI is InChI=1S/C19H27N3/c1-20-14-10-5-3-2-4-9-13-19-21-15-18(16-22-19)17-11-7-6-8-12-17/h6-8,11-12,15-16,20H,2-5,9-10,13-14H2,1H3. The van der Waals surface area contributed by atoms with Gasteiger partial charge in [0, 0.05) is 24.4 Å². The lowest BCUT2D eigenvalue weighted by Gasteiger charge is -2.04. The number of unbranched alkanes of at least 4 members (excludes halogenated alkanes) is 5. The predicted molar refractivity (Wildman–Crippen MR) is 92.8 cm³/mol. The van der Waals surface area contributed by atoms with Crippen LogP contribution in [0.1, 0.15) is 44.3 Å².